The maximum Gasteiger partial charge on any atom is 0.255 e. The van der Waals surface area contributed by atoms with Crippen molar-refractivity contribution in [3.8, 4) is 0 Å². The molecule has 0 spiro atoms. The Balaban J connectivity index is 2.08. The SMILES string of the molecule is CC(=O)C1(C(C)=O)C(c2ccc(Cl)cc2)N1C(=O)c1ccccc1. The van der Waals surface area contributed by atoms with Crippen LogP contribution in [0.2, 0.25) is 5.02 Å². The number of rotatable bonds is 4. The smallest absolute Gasteiger partial charge is 0.255 e. The van der Waals surface area contributed by atoms with Crippen molar-refractivity contribution >= 4 is 29.1 Å². The van der Waals surface area contributed by atoms with Gasteiger partial charge in [0.15, 0.2) is 17.1 Å². The predicted octanol–water partition coefficient (Wildman–Crippen LogP) is 3.45. The molecule has 0 N–H and O–H groups in total. The second kappa shape index (κ2) is 5.87. The maximum absolute atomic E-state index is 12.9. The number of hydrogen-bond acceptors (Lipinski definition) is 3. The number of carbonyl (C=O) groups excluding carboxylic acids is 3. The average molecular weight is 342 g/mol. The highest BCUT2D eigenvalue weighted by Gasteiger charge is 2.72. The first kappa shape index (κ1) is 16.4. The van der Waals surface area contributed by atoms with Crippen molar-refractivity contribution in [2.75, 3.05) is 0 Å². The molecular weight excluding hydrogens is 326 g/mol. The van der Waals surface area contributed by atoms with Gasteiger partial charge in [0.2, 0.25) is 0 Å². The summed E-state index contributed by atoms with van der Waals surface area (Å²) in [7, 11) is 0. The van der Waals surface area contributed by atoms with Gasteiger partial charge >= 0.3 is 0 Å². The van der Waals surface area contributed by atoms with Crippen LogP contribution in [0.1, 0.15) is 35.8 Å². The Morgan fingerprint density at radius 1 is 0.917 bits per heavy atom. The van der Waals surface area contributed by atoms with Crippen LogP contribution >= 0.6 is 11.6 Å². The molecule has 2 aromatic carbocycles. The Morgan fingerprint density at radius 2 is 1.46 bits per heavy atom. The van der Waals surface area contributed by atoms with Crippen LogP contribution in [0, 0.1) is 0 Å². The minimum absolute atomic E-state index is 0.332. The Hall–Kier alpha value is -2.46. The van der Waals surface area contributed by atoms with E-state index in [2.05, 4.69) is 0 Å². The number of Topliss-reactive ketones (excluding diaryl/α,β-unsaturated/α-hetero) is 2. The van der Waals surface area contributed by atoms with Crippen LogP contribution in [-0.2, 0) is 9.59 Å². The van der Waals surface area contributed by atoms with Gasteiger partial charge in [-0.05, 0) is 43.7 Å². The molecule has 24 heavy (non-hydrogen) atoms. The quantitative estimate of drug-likeness (QED) is 0.632. The van der Waals surface area contributed by atoms with Gasteiger partial charge in [-0.1, -0.05) is 41.9 Å². The van der Waals surface area contributed by atoms with Crippen LogP contribution < -0.4 is 0 Å². The second-order valence-electron chi connectivity index (χ2n) is 5.87. The van der Waals surface area contributed by atoms with E-state index in [-0.39, 0.29) is 17.5 Å². The zero-order chi connectivity index (χ0) is 17.5. The van der Waals surface area contributed by atoms with E-state index in [1.54, 1.807) is 54.6 Å². The summed E-state index contributed by atoms with van der Waals surface area (Å²) < 4.78 is 0. The minimum atomic E-state index is -1.43. The topological polar surface area (TPSA) is 54.2 Å². The number of amides is 1. The minimum Gasteiger partial charge on any atom is -0.307 e. The molecule has 0 radical (unpaired) electrons. The van der Waals surface area contributed by atoms with Crippen molar-refractivity contribution in [3.05, 3.63) is 70.7 Å². The highest BCUT2D eigenvalue weighted by Crippen LogP contribution is 2.55. The normalized spacial score (nSPS) is 18.1. The largest absolute Gasteiger partial charge is 0.307 e. The monoisotopic (exact) mass is 341 g/mol. The van der Waals surface area contributed by atoms with Gasteiger partial charge in [-0.25, -0.2) is 0 Å². The van der Waals surface area contributed by atoms with Gasteiger partial charge in [0.05, 0.1) is 6.04 Å². The Kier molecular flexibility index (Phi) is 4.01. The van der Waals surface area contributed by atoms with Crippen molar-refractivity contribution in [1.82, 2.24) is 4.90 Å². The molecule has 1 heterocycles. The van der Waals surface area contributed by atoms with Crippen molar-refractivity contribution in [3.63, 3.8) is 0 Å². The van der Waals surface area contributed by atoms with Crippen LogP contribution in [0.4, 0.5) is 0 Å². The van der Waals surface area contributed by atoms with Crippen LogP contribution in [0.5, 0.6) is 0 Å². The third-order valence-electron chi connectivity index (χ3n) is 4.46. The molecule has 5 heteroatoms. The number of nitrogens with zero attached hydrogens (tertiary/aromatic N) is 1. The molecule has 1 aliphatic rings. The van der Waals surface area contributed by atoms with E-state index < -0.39 is 11.6 Å². The lowest BCUT2D eigenvalue weighted by Gasteiger charge is -2.10. The summed E-state index contributed by atoms with van der Waals surface area (Å²) in [4.78, 5) is 38.9. The first-order valence-corrected chi connectivity index (χ1v) is 7.94. The summed E-state index contributed by atoms with van der Waals surface area (Å²) in [5, 5.41) is 0.552. The summed E-state index contributed by atoms with van der Waals surface area (Å²) in [5.74, 6) is -1.00. The van der Waals surface area contributed by atoms with Crippen molar-refractivity contribution in [1.29, 1.82) is 0 Å². The molecule has 0 aliphatic carbocycles. The van der Waals surface area contributed by atoms with E-state index >= 15 is 0 Å². The molecular formula is C19H16ClNO3. The summed E-state index contributed by atoms with van der Waals surface area (Å²) in [6.07, 6.45) is 0. The van der Waals surface area contributed by atoms with Gasteiger partial charge in [0, 0.05) is 10.6 Å². The van der Waals surface area contributed by atoms with E-state index in [1.165, 1.54) is 18.7 Å². The van der Waals surface area contributed by atoms with Crippen molar-refractivity contribution in [2.24, 2.45) is 0 Å². The van der Waals surface area contributed by atoms with E-state index in [9.17, 15) is 14.4 Å². The fourth-order valence-electron chi connectivity index (χ4n) is 3.30. The van der Waals surface area contributed by atoms with Gasteiger partial charge in [0.25, 0.3) is 5.91 Å². The molecule has 1 aliphatic heterocycles. The Labute approximate surface area is 145 Å². The molecule has 0 saturated carbocycles. The first-order valence-electron chi connectivity index (χ1n) is 7.57. The first-order chi connectivity index (χ1) is 11.4. The molecule has 1 amide bonds. The molecule has 1 atom stereocenters. The molecule has 1 fully saturated rings. The zero-order valence-electron chi connectivity index (χ0n) is 13.3. The predicted molar refractivity (Wildman–Crippen MR) is 90.9 cm³/mol. The van der Waals surface area contributed by atoms with Crippen LogP contribution in [0.25, 0.3) is 0 Å². The van der Waals surface area contributed by atoms with Crippen LogP contribution in [0.15, 0.2) is 54.6 Å². The molecule has 4 nitrogen and oxygen atoms in total. The fourth-order valence-corrected chi connectivity index (χ4v) is 3.42. The molecule has 1 saturated heterocycles. The molecule has 1 unspecified atom stereocenters. The lowest BCUT2D eigenvalue weighted by Crippen LogP contribution is -2.37. The number of benzene rings is 2. The second-order valence-corrected chi connectivity index (χ2v) is 6.31. The molecule has 122 valence electrons. The van der Waals surface area contributed by atoms with Gasteiger partial charge in [-0.3, -0.25) is 14.4 Å². The highest BCUT2D eigenvalue weighted by atomic mass is 35.5. The van der Waals surface area contributed by atoms with Crippen LogP contribution in [0.3, 0.4) is 0 Å². The number of carbonyl (C=O) groups is 3. The number of halogens is 1. The van der Waals surface area contributed by atoms with E-state index in [4.69, 9.17) is 11.6 Å². The number of ketones is 2. The Morgan fingerprint density at radius 3 is 1.96 bits per heavy atom. The fraction of sp³-hybridized carbons (Fsp3) is 0.211. The molecule has 0 bridgehead atoms. The Bertz CT molecular complexity index is 800. The number of hydrogen-bond donors (Lipinski definition) is 0. The van der Waals surface area contributed by atoms with Gasteiger partial charge < -0.3 is 4.90 Å². The van der Waals surface area contributed by atoms with E-state index in [0.29, 0.717) is 16.1 Å². The highest BCUT2D eigenvalue weighted by molar-refractivity contribution is 6.30. The van der Waals surface area contributed by atoms with Crippen molar-refractivity contribution < 1.29 is 14.4 Å². The van der Waals surface area contributed by atoms with Crippen molar-refractivity contribution in [2.45, 2.75) is 25.4 Å². The average Bonchev–Trinajstić information content (AvgIpc) is 3.27. The van der Waals surface area contributed by atoms with Crippen LogP contribution in [-0.4, -0.2) is 27.9 Å². The van der Waals surface area contributed by atoms with Gasteiger partial charge in [-0.2, -0.15) is 0 Å². The molecule has 0 aromatic heterocycles. The summed E-state index contributed by atoms with van der Waals surface area (Å²) in [6, 6.07) is 14.9. The van der Waals surface area contributed by atoms with Gasteiger partial charge in [0.1, 0.15) is 0 Å². The standard InChI is InChI=1S/C19H16ClNO3/c1-12(22)19(13(2)23)17(14-8-10-16(20)11-9-14)21(19)18(24)15-6-4-3-5-7-15/h3-11,17H,1-2H3. The molecule has 2 aromatic rings. The van der Waals surface area contributed by atoms with Gasteiger partial charge in [-0.15, -0.1) is 0 Å². The maximum atomic E-state index is 12.9. The molecule has 3 rings (SSSR count). The summed E-state index contributed by atoms with van der Waals surface area (Å²) >= 11 is 5.91. The third-order valence-corrected chi connectivity index (χ3v) is 4.72. The van der Waals surface area contributed by atoms with E-state index in [0.717, 1.165) is 0 Å². The summed E-state index contributed by atoms with van der Waals surface area (Å²) in [6.45, 7) is 2.70. The summed E-state index contributed by atoms with van der Waals surface area (Å²) in [5.41, 5.74) is -0.268. The van der Waals surface area contributed by atoms with E-state index in [1.807, 2.05) is 0 Å². The lowest BCUT2D eigenvalue weighted by atomic mass is 9.92. The lowest BCUT2D eigenvalue weighted by molar-refractivity contribution is -0.129. The third kappa shape index (κ3) is 2.34. The zero-order valence-corrected chi connectivity index (χ0v) is 14.1.